The molecule has 20 heavy (non-hydrogen) atoms. The number of hydrogen-bond acceptors (Lipinski definition) is 5. The number of aryl methyl sites for hydroxylation is 1. The third-order valence-corrected chi connectivity index (χ3v) is 3.46. The van der Waals surface area contributed by atoms with Crippen molar-refractivity contribution in [2.24, 2.45) is 0 Å². The molecule has 0 bridgehead atoms. The number of thioether (sulfide) groups is 1. The second-order valence-electron chi connectivity index (χ2n) is 4.41. The molecule has 1 N–H and O–H groups in total. The van der Waals surface area contributed by atoms with E-state index < -0.39 is 4.92 Å². The molecule has 0 fully saturated rings. The highest BCUT2D eigenvalue weighted by Gasteiger charge is 2.09. The summed E-state index contributed by atoms with van der Waals surface area (Å²) in [6.07, 6.45) is 2.02. The first-order chi connectivity index (χ1) is 9.60. The number of anilines is 1. The SMILES string of the molecule is CSCc1ccc(CNc2cc([N+](=O)[O-])ccc2C)o1. The molecular weight excluding hydrogens is 276 g/mol. The summed E-state index contributed by atoms with van der Waals surface area (Å²) in [4.78, 5) is 10.4. The first-order valence-corrected chi connectivity index (χ1v) is 7.55. The number of nitro groups is 1. The van der Waals surface area contributed by atoms with Gasteiger partial charge >= 0.3 is 0 Å². The van der Waals surface area contributed by atoms with Gasteiger partial charge in [0.25, 0.3) is 5.69 Å². The number of nitrogens with zero attached hydrogens (tertiary/aromatic N) is 1. The van der Waals surface area contributed by atoms with Crippen LogP contribution in [0.4, 0.5) is 11.4 Å². The van der Waals surface area contributed by atoms with E-state index in [-0.39, 0.29) is 5.69 Å². The molecule has 0 unspecified atom stereocenters. The van der Waals surface area contributed by atoms with E-state index in [0.717, 1.165) is 28.5 Å². The van der Waals surface area contributed by atoms with Crippen LogP contribution in [0, 0.1) is 17.0 Å². The molecule has 0 spiro atoms. The molecule has 0 aliphatic carbocycles. The zero-order chi connectivity index (χ0) is 14.5. The minimum Gasteiger partial charge on any atom is -0.463 e. The summed E-state index contributed by atoms with van der Waals surface area (Å²) in [5.74, 6) is 2.60. The second kappa shape index (κ2) is 6.47. The zero-order valence-electron chi connectivity index (χ0n) is 11.4. The Balaban J connectivity index is 2.05. The standard InChI is InChI=1S/C14H16N2O3S/c1-10-3-4-11(16(17)18)7-14(10)15-8-12-5-6-13(19-12)9-20-2/h3-7,15H,8-9H2,1-2H3. The van der Waals surface area contributed by atoms with Gasteiger partial charge in [-0.15, -0.1) is 0 Å². The van der Waals surface area contributed by atoms with Crippen LogP contribution in [0.25, 0.3) is 0 Å². The molecular formula is C14H16N2O3S. The van der Waals surface area contributed by atoms with E-state index in [4.69, 9.17) is 4.42 Å². The molecule has 0 atom stereocenters. The van der Waals surface area contributed by atoms with E-state index in [2.05, 4.69) is 5.32 Å². The maximum atomic E-state index is 10.8. The van der Waals surface area contributed by atoms with Gasteiger partial charge in [0.15, 0.2) is 0 Å². The Kier molecular flexibility index (Phi) is 4.68. The molecule has 0 saturated heterocycles. The fourth-order valence-electron chi connectivity index (χ4n) is 1.83. The van der Waals surface area contributed by atoms with Crippen molar-refractivity contribution in [2.75, 3.05) is 11.6 Å². The van der Waals surface area contributed by atoms with Crippen molar-refractivity contribution >= 4 is 23.1 Å². The molecule has 0 saturated carbocycles. The average Bonchev–Trinajstić information content (AvgIpc) is 2.86. The van der Waals surface area contributed by atoms with Crippen molar-refractivity contribution in [1.29, 1.82) is 0 Å². The Labute approximate surface area is 121 Å². The number of nitro benzene ring substituents is 1. The van der Waals surface area contributed by atoms with E-state index in [9.17, 15) is 10.1 Å². The van der Waals surface area contributed by atoms with E-state index >= 15 is 0 Å². The van der Waals surface area contributed by atoms with Crippen LogP contribution < -0.4 is 5.32 Å². The van der Waals surface area contributed by atoms with Gasteiger partial charge in [0.1, 0.15) is 11.5 Å². The molecule has 1 aromatic heterocycles. The third-order valence-electron chi connectivity index (χ3n) is 2.89. The number of benzene rings is 1. The largest absolute Gasteiger partial charge is 0.463 e. The van der Waals surface area contributed by atoms with Gasteiger partial charge in [0.05, 0.1) is 17.2 Å². The van der Waals surface area contributed by atoms with Crippen molar-refractivity contribution in [3.05, 3.63) is 57.5 Å². The number of non-ortho nitro benzene ring substituents is 1. The van der Waals surface area contributed by atoms with E-state index in [1.165, 1.54) is 6.07 Å². The summed E-state index contributed by atoms with van der Waals surface area (Å²) < 4.78 is 5.65. The van der Waals surface area contributed by atoms with Crippen LogP contribution in [0.3, 0.4) is 0 Å². The first kappa shape index (κ1) is 14.5. The van der Waals surface area contributed by atoms with Crippen molar-refractivity contribution in [3.63, 3.8) is 0 Å². The van der Waals surface area contributed by atoms with Gasteiger partial charge in [0, 0.05) is 17.8 Å². The Hall–Kier alpha value is -1.95. The molecule has 0 aliphatic heterocycles. The van der Waals surface area contributed by atoms with Gasteiger partial charge in [-0.25, -0.2) is 0 Å². The van der Waals surface area contributed by atoms with Crippen LogP contribution >= 0.6 is 11.8 Å². The summed E-state index contributed by atoms with van der Waals surface area (Å²) in [6.45, 7) is 2.42. The van der Waals surface area contributed by atoms with Gasteiger partial charge < -0.3 is 9.73 Å². The maximum Gasteiger partial charge on any atom is 0.271 e. The van der Waals surface area contributed by atoms with Crippen LogP contribution in [0.5, 0.6) is 0 Å². The molecule has 0 aliphatic rings. The minimum atomic E-state index is -0.395. The average molecular weight is 292 g/mol. The predicted octanol–water partition coefficient (Wildman–Crippen LogP) is 3.97. The Morgan fingerprint density at radius 1 is 1.30 bits per heavy atom. The van der Waals surface area contributed by atoms with E-state index in [0.29, 0.717) is 6.54 Å². The van der Waals surface area contributed by atoms with Gasteiger partial charge in [0.2, 0.25) is 0 Å². The molecule has 6 heteroatoms. The second-order valence-corrected chi connectivity index (χ2v) is 5.28. The van der Waals surface area contributed by atoms with Crippen LogP contribution in [-0.2, 0) is 12.3 Å². The fourth-order valence-corrected chi connectivity index (χ4v) is 2.27. The molecule has 1 heterocycles. The number of furan rings is 1. The highest BCUT2D eigenvalue weighted by Crippen LogP contribution is 2.23. The van der Waals surface area contributed by atoms with Crippen molar-refractivity contribution in [2.45, 2.75) is 19.2 Å². The monoisotopic (exact) mass is 292 g/mol. The summed E-state index contributed by atoms with van der Waals surface area (Å²) in [7, 11) is 0. The molecule has 2 aromatic rings. The molecule has 5 nitrogen and oxygen atoms in total. The van der Waals surface area contributed by atoms with Crippen LogP contribution in [0.15, 0.2) is 34.7 Å². The molecule has 1 aromatic carbocycles. The number of rotatable bonds is 6. The summed E-state index contributed by atoms with van der Waals surface area (Å²) in [6, 6.07) is 8.66. The molecule has 0 radical (unpaired) electrons. The Morgan fingerprint density at radius 3 is 2.75 bits per heavy atom. The van der Waals surface area contributed by atoms with Gasteiger partial charge in [-0.3, -0.25) is 10.1 Å². The van der Waals surface area contributed by atoms with E-state index in [1.54, 1.807) is 23.9 Å². The summed E-state index contributed by atoms with van der Waals surface area (Å²) in [5, 5.41) is 13.9. The first-order valence-electron chi connectivity index (χ1n) is 6.15. The highest BCUT2D eigenvalue weighted by molar-refractivity contribution is 7.97. The maximum absolute atomic E-state index is 10.8. The summed E-state index contributed by atoms with van der Waals surface area (Å²) in [5.41, 5.74) is 1.80. The topological polar surface area (TPSA) is 68.3 Å². The van der Waals surface area contributed by atoms with Gasteiger partial charge in [-0.2, -0.15) is 11.8 Å². The minimum absolute atomic E-state index is 0.0839. The highest BCUT2D eigenvalue weighted by atomic mass is 32.2. The third kappa shape index (κ3) is 3.54. The Morgan fingerprint density at radius 2 is 2.05 bits per heavy atom. The number of nitrogens with one attached hydrogen (secondary N) is 1. The van der Waals surface area contributed by atoms with Gasteiger partial charge in [-0.05, 0) is 30.9 Å². The quantitative estimate of drug-likeness (QED) is 0.644. The summed E-state index contributed by atoms with van der Waals surface area (Å²) >= 11 is 1.70. The van der Waals surface area contributed by atoms with Crippen molar-refractivity contribution < 1.29 is 9.34 Å². The lowest BCUT2D eigenvalue weighted by Crippen LogP contribution is -2.01. The smallest absolute Gasteiger partial charge is 0.271 e. The Bertz CT molecular complexity index is 610. The van der Waals surface area contributed by atoms with Crippen LogP contribution in [0.2, 0.25) is 0 Å². The lowest BCUT2D eigenvalue weighted by Gasteiger charge is -2.07. The van der Waals surface area contributed by atoms with Crippen molar-refractivity contribution in [3.8, 4) is 0 Å². The normalized spacial score (nSPS) is 10.5. The lowest BCUT2D eigenvalue weighted by atomic mass is 10.2. The lowest BCUT2D eigenvalue weighted by molar-refractivity contribution is -0.384. The number of hydrogen-bond donors (Lipinski definition) is 1. The van der Waals surface area contributed by atoms with Gasteiger partial charge in [-0.1, -0.05) is 6.07 Å². The van der Waals surface area contributed by atoms with Crippen LogP contribution in [0.1, 0.15) is 17.1 Å². The van der Waals surface area contributed by atoms with Crippen LogP contribution in [-0.4, -0.2) is 11.2 Å². The van der Waals surface area contributed by atoms with Crippen molar-refractivity contribution in [1.82, 2.24) is 0 Å². The molecule has 0 amide bonds. The fraction of sp³-hybridized carbons (Fsp3) is 0.286. The predicted molar refractivity (Wildman–Crippen MR) is 81.1 cm³/mol. The molecule has 2 rings (SSSR count). The molecule has 106 valence electrons. The zero-order valence-corrected chi connectivity index (χ0v) is 12.2. The van der Waals surface area contributed by atoms with E-state index in [1.807, 2.05) is 25.3 Å².